The smallest absolute Gasteiger partial charge is 0.251 e. The molecule has 29 heavy (non-hydrogen) atoms. The Kier molecular flexibility index (Phi) is 6.35. The van der Waals surface area contributed by atoms with Gasteiger partial charge in [0.2, 0.25) is 5.91 Å². The van der Waals surface area contributed by atoms with E-state index in [0.29, 0.717) is 22.0 Å². The Balaban J connectivity index is 1.60. The molecule has 0 fully saturated rings. The van der Waals surface area contributed by atoms with E-state index < -0.39 is 0 Å². The van der Waals surface area contributed by atoms with Gasteiger partial charge >= 0.3 is 0 Å². The fraction of sp³-hybridized carbons (Fsp3) is 0.227. The van der Waals surface area contributed by atoms with Crippen LogP contribution in [0.25, 0.3) is 10.6 Å². The van der Waals surface area contributed by atoms with Gasteiger partial charge in [-0.05, 0) is 51.1 Å². The summed E-state index contributed by atoms with van der Waals surface area (Å²) in [6, 6.07) is 14.3. The number of thiazole rings is 1. The number of carbonyl (C=O) groups excluding carboxylic acids is 2. The van der Waals surface area contributed by atoms with E-state index in [2.05, 4.69) is 15.6 Å². The molecule has 0 aliphatic heterocycles. The fourth-order valence-corrected chi connectivity index (χ4v) is 3.77. The van der Waals surface area contributed by atoms with E-state index in [1.807, 2.05) is 50.4 Å². The van der Waals surface area contributed by atoms with E-state index in [1.54, 1.807) is 24.3 Å². The Morgan fingerprint density at radius 2 is 1.76 bits per heavy atom. The molecular formula is C22H22ClN3O2S. The van der Waals surface area contributed by atoms with Crippen LogP contribution in [-0.4, -0.2) is 22.3 Å². The molecule has 0 saturated heterocycles. The summed E-state index contributed by atoms with van der Waals surface area (Å²) in [5.41, 5.74) is 2.41. The highest BCUT2D eigenvalue weighted by Crippen LogP contribution is 2.30. The largest absolute Gasteiger partial charge is 0.347 e. The first kappa shape index (κ1) is 21.0. The molecule has 150 valence electrons. The highest BCUT2D eigenvalue weighted by Gasteiger charge is 2.15. The second kappa shape index (κ2) is 8.76. The third-order valence-corrected chi connectivity index (χ3v) is 5.17. The third-order valence-electron chi connectivity index (χ3n) is 3.92. The van der Waals surface area contributed by atoms with Crippen molar-refractivity contribution in [1.29, 1.82) is 0 Å². The first-order valence-corrected chi connectivity index (χ1v) is 10.4. The van der Waals surface area contributed by atoms with Crippen LogP contribution in [0.15, 0.2) is 53.9 Å². The quantitative estimate of drug-likeness (QED) is 0.589. The standard InChI is InChI=1S/C22H22ClN3O2S/c1-22(2,3)26-20(28)14-8-10-15(11-9-14)24-19(27)12-16-13-29-21(25-16)17-6-4-5-7-18(17)23/h4-11,13H,12H2,1-3H3,(H,24,27)(H,26,28). The molecule has 0 radical (unpaired) electrons. The zero-order valence-corrected chi connectivity index (χ0v) is 18.0. The maximum atomic E-state index is 12.3. The zero-order chi connectivity index (χ0) is 21.0. The third kappa shape index (κ3) is 5.89. The van der Waals surface area contributed by atoms with Crippen LogP contribution in [0, 0.1) is 0 Å². The summed E-state index contributed by atoms with van der Waals surface area (Å²) in [6.45, 7) is 5.78. The minimum Gasteiger partial charge on any atom is -0.347 e. The number of nitrogens with one attached hydrogen (secondary N) is 2. The van der Waals surface area contributed by atoms with Gasteiger partial charge in [-0.2, -0.15) is 0 Å². The minimum atomic E-state index is -0.305. The van der Waals surface area contributed by atoms with Gasteiger partial charge in [0.25, 0.3) is 5.91 Å². The fourth-order valence-electron chi connectivity index (χ4n) is 2.63. The summed E-state index contributed by atoms with van der Waals surface area (Å²) in [7, 11) is 0. The van der Waals surface area contributed by atoms with Crippen LogP contribution in [0.5, 0.6) is 0 Å². The Bertz CT molecular complexity index is 1020. The Hall–Kier alpha value is -2.70. The molecule has 0 unspecified atom stereocenters. The number of hydrogen-bond donors (Lipinski definition) is 2. The second-order valence-corrected chi connectivity index (χ2v) is 8.90. The van der Waals surface area contributed by atoms with Gasteiger partial charge in [0.15, 0.2) is 0 Å². The van der Waals surface area contributed by atoms with E-state index in [1.165, 1.54) is 11.3 Å². The van der Waals surface area contributed by atoms with Crippen LogP contribution in [0.2, 0.25) is 5.02 Å². The second-order valence-electron chi connectivity index (χ2n) is 7.63. The summed E-state index contributed by atoms with van der Waals surface area (Å²) in [5, 5.41) is 9.02. The predicted molar refractivity (Wildman–Crippen MR) is 119 cm³/mol. The average molecular weight is 428 g/mol. The van der Waals surface area contributed by atoms with Crippen molar-refractivity contribution >= 4 is 40.4 Å². The van der Waals surface area contributed by atoms with E-state index in [-0.39, 0.29) is 23.8 Å². The van der Waals surface area contributed by atoms with Crippen LogP contribution in [0.3, 0.4) is 0 Å². The molecule has 3 rings (SSSR count). The van der Waals surface area contributed by atoms with E-state index in [4.69, 9.17) is 11.6 Å². The topological polar surface area (TPSA) is 71.1 Å². The number of rotatable bonds is 5. The normalized spacial score (nSPS) is 11.2. The number of halogens is 1. The van der Waals surface area contributed by atoms with Crippen molar-refractivity contribution in [2.24, 2.45) is 0 Å². The Morgan fingerprint density at radius 1 is 1.07 bits per heavy atom. The molecule has 2 N–H and O–H groups in total. The van der Waals surface area contributed by atoms with Gasteiger partial charge in [-0.1, -0.05) is 29.8 Å². The number of aromatic nitrogens is 1. The van der Waals surface area contributed by atoms with Gasteiger partial charge in [0.05, 0.1) is 17.1 Å². The number of benzene rings is 2. The van der Waals surface area contributed by atoms with Crippen molar-refractivity contribution in [3.63, 3.8) is 0 Å². The summed E-state index contributed by atoms with van der Waals surface area (Å²) in [5.74, 6) is -0.321. The van der Waals surface area contributed by atoms with E-state index >= 15 is 0 Å². The molecule has 0 aliphatic rings. The highest BCUT2D eigenvalue weighted by molar-refractivity contribution is 7.13. The number of amides is 2. The molecule has 0 bridgehead atoms. The first-order valence-electron chi connectivity index (χ1n) is 9.13. The predicted octanol–water partition coefficient (Wildman–Crippen LogP) is 5.17. The molecule has 0 atom stereocenters. The lowest BCUT2D eigenvalue weighted by Gasteiger charge is -2.20. The minimum absolute atomic E-state index is 0.148. The molecule has 1 aromatic heterocycles. The molecular weight excluding hydrogens is 406 g/mol. The lowest BCUT2D eigenvalue weighted by Crippen LogP contribution is -2.40. The van der Waals surface area contributed by atoms with Gasteiger partial charge in [-0.25, -0.2) is 4.98 Å². The van der Waals surface area contributed by atoms with Crippen molar-refractivity contribution in [3.05, 3.63) is 70.2 Å². The monoisotopic (exact) mass is 427 g/mol. The summed E-state index contributed by atoms with van der Waals surface area (Å²) < 4.78 is 0. The molecule has 5 nitrogen and oxygen atoms in total. The van der Waals surface area contributed by atoms with Crippen LogP contribution in [-0.2, 0) is 11.2 Å². The number of anilines is 1. The van der Waals surface area contributed by atoms with Crippen LogP contribution < -0.4 is 10.6 Å². The lowest BCUT2D eigenvalue weighted by molar-refractivity contribution is -0.115. The van der Waals surface area contributed by atoms with Gasteiger partial charge in [-0.15, -0.1) is 11.3 Å². The molecule has 2 amide bonds. The summed E-state index contributed by atoms with van der Waals surface area (Å²) in [6.07, 6.45) is 0.160. The van der Waals surface area contributed by atoms with Crippen molar-refractivity contribution in [1.82, 2.24) is 10.3 Å². The zero-order valence-electron chi connectivity index (χ0n) is 16.5. The van der Waals surface area contributed by atoms with Gasteiger partial charge < -0.3 is 10.6 Å². The maximum absolute atomic E-state index is 12.3. The van der Waals surface area contributed by atoms with Crippen molar-refractivity contribution in [2.45, 2.75) is 32.7 Å². The number of nitrogens with zero attached hydrogens (tertiary/aromatic N) is 1. The Morgan fingerprint density at radius 3 is 2.41 bits per heavy atom. The molecule has 0 aliphatic carbocycles. The maximum Gasteiger partial charge on any atom is 0.251 e. The molecule has 1 heterocycles. The van der Waals surface area contributed by atoms with Crippen LogP contribution in [0.4, 0.5) is 5.69 Å². The number of hydrogen-bond acceptors (Lipinski definition) is 4. The molecule has 3 aromatic rings. The van der Waals surface area contributed by atoms with Crippen molar-refractivity contribution in [3.8, 4) is 10.6 Å². The van der Waals surface area contributed by atoms with Gasteiger partial charge in [-0.3, -0.25) is 9.59 Å². The number of carbonyl (C=O) groups is 2. The molecule has 2 aromatic carbocycles. The highest BCUT2D eigenvalue weighted by atomic mass is 35.5. The van der Waals surface area contributed by atoms with Crippen LogP contribution >= 0.6 is 22.9 Å². The lowest BCUT2D eigenvalue weighted by atomic mass is 10.1. The summed E-state index contributed by atoms with van der Waals surface area (Å²) >= 11 is 7.66. The Labute approximate surface area is 179 Å². The van der Waals surface area contributed by atoms with Gasteiger partial charge in [0.1, 0.15) is 5.01 Å². The first-order chi connectivity index (χ1) is 13.7. The van der Waals surface area contributed by atoms with E-state index in [9.17, 15) is 9.59 Å². The average Bonchev–Trinajstić information content (AvgIpc) is 3.09. The molecule has 0 spiro atoms. The molecule has 7 heteroatoms. The molecule has 0 saturated carbocycles. The van der Waals surface area contributed by atoms with E-state index in [0.717, 1.165) is 10.6 Å². The van der Waals surface area contributed by atoms with Crippen molar-refractivity contribution in [2.75, 3.05) is 5.32 Å². The van der Waals surface area contributed by atoms with Crippen LogP contribution in [0.1, 0.15) is 36.8 Å². The SMILES string of the molecule is CC(C)(C)NC(=O)c1ccc(NC(=O)Cc2csc(-c3ccccc3Cl)n2)cc1. The van der Waals surface area contributed by atoms with Crippen molar-refractivity contribution < 1.29 is 9.59 Å². The summed E-state index contributed by atoms with van der Waals surface area (Å²) in [4.78, 5) is 29.0. The van der Waals surface area contributed by atoms with Gasteiger partial charge in [0, 0.05) is 27.7 Å².